The van der Waals surface area contributed by atoms with Crippen LogP contribution in [0.4, 0.5) is 0 Å². The van der Waals surface area contributed by atoms with Gasteiger partial charge in [0.1, 0.15) is 11.8 Å². The highest BCUT2D eigenvalue weighted by Crippen LogP contribution is 2.26. The van der Waals surface area contributed by atoms with E-state index in [4.69, 9.17) is 4.74 Å². The highest BCUT2D eigenvalue weighted by Gasteiger charge is 2.31. The fourth-order valence-corrected chi connectivity index (χ4v) is 4.19. The van der Waals surface area contributed by atoms with Crippen molar-refractivity contribution >= 4 is 11.8 Å². The van der Waals surface area contributed by atoms with Gasteiger partial charge in [0.05, 0.1) is 7.11 Å². The normalized spacial score (nSPS) is 11.4. The van der Waals surface area contributed by atoms with E-state index in [2.05, 4.69) is 10.3 Å². The van der Waals surface area contributed by atoms with Crippen molar-refractivity contribution in [1.29, 1.82) is 0 Å². The van der Waals surface area contributed by atoms with Crippen LogP contribution in [-0.2, 0) is 29.1 Å². The maximum atomic E-state index is 13.7. The quantitative estimate of drug-likeness (QED) is 0.315. The lowest BCUT2D eigenvalue weighted by Gasteiger charge is -2.32. The first-order valence-corrected chi connectivity index (χ1v) is 12.3. The second-order valence-electron chi connectivity index (χ2n) is 8.75. The number of hydrogen-bond donors (Lipinski definition) is 1. The molecule has 2 amide bonds. The zero-order valence-corrected chi connectivity index (χ0v) is 20.9. The Morgan fingerprint density at radius 1 is 0.838 bits per heavy atom. The van der Waals surface area contributed by atoms with Gasteiger partial charge in [-0.3, -0.25) is 14.6 Å². The average Bonchev–Trinajstić information content (AvgIpc) is 2.96. The highest BCUT2D eigenvalue weighted by molar-refractivity contribution is 5.88. The van der Waals surface area contributed by atoms with Gasteiger partial charge in [0.25, 0.3) is 0 Å². The summed E-state index contributed by atoms with van der Waals surface area (Å²) in [6.45, 7) is 0.613. The van der Waals surface area contributed by atoms with Gasteiger partial charge >= 0.3 is 0 Å². The summed E-state index contributed by atoms with van der Waals surface area (Å²) in [5.74, 6) is 0.404. The van der Waals surface area contributed by atoms with Gasteiger partial charge < -0.3 is 15.0 Å². The molecule has 1 aromatic heterocycles. The Bertz CT molecular complexity index is 1260. The first kappa shape index (κ1) is 25.6. The number of rotatable bonds is 11. The van der Waals surface area contributed by atoms with Crippen LogP contribution in [0.1, 0.15) is 34.7 Å². The average molecular weight is 494 g/mol. The minimum atomic E-state index is -0.789. The summed E-state index contributed by atoms with van der Waals surface area (Å²) in [6, 6.07) is 29.9. The number of nitrogens with zero attached hydrogens (tertiary/aromatic N) is 2. The highest BCUT2D eigenvalue weighted by atomic mass is 16.5. The standard InChI is InChI=1S/C31H31N3O3/c1-37-28-17-14-25(15-18-28)23-34(29(35)19-16-24-9-4-2-5-10-24)30(27-12-6-3-7-13-27)31(36)33-22-26-11-8-20-32-21-26/h2-15,17-18,20-21,30H,16,19,22-23H2,1H3,(H,33,36). The smallest absolute Gasteiger partial charge is 0.247 e. The van der Waals surface area contributed by atoms with Crippen molar-refractivity contribution in [3.8, 4) is 5.75 Å². The van der Waals surface area contributed by atoms with Crippen molar-refractivity contribution in [1.82, 2.24) is 15.2 Å². The molecule has 6 nitrogen and oxygen atoms in total. The van der Waals surface area contributed by atoms with Crippen LogP contribution in [0.2, 0.25) is 0 Å². The third-order valence-corrected chi connectivity index (χ3v) is 6.17. The molecule has 4 aromatic rings. The van der Waals surface area contributed by atoms with Crippen LogP contribution >= 0.6 is 0 Å². The molecule has 4 rings (SSSR count). The molecular weight excluding hydrogens is 462 g/mol. The maximum Gasteiger partial charge on any atom is 0.247 e. The number of aryl methyl sites for hydroxylation is 1. The maximum absolute atomic E-state index is 13.7. The van der Waals surface area contributed by atoms with Gasteiger partial charge in [-0.05, 0) is 46.9 Å². The zero-order chi connectivity index (χ0) is 25.9. The lowest BCUT2D eigenvalue weighted by atomic mass is 10.0. The summed E-state index contributed by atoms with van der Waals surface area (Å²) in [6.07, 6.45) is 4.30. The largest absolute Gasteiger partial charge is 0.497 e. The minimum Gasteiger partial charge on any atom is -0.497 e. The molecule has 6 heteroatoms. The second kappa shape index (κ2) is 13.0. The van der Waals surface area contributed by atoms with Crippen LogP contribution < -0.4 is 10.1 Å². The van der Waals surface area contributed by atoms with E-state index in [0.717, 1.165) is 28.0 Å². The lowest BCUT2D eigenvalue weighted by molar-refractivity contribution is -0.141. The minimum absolute atomic E-state index is 0.0925. The van der Waals surface area contributed by atoms with Crippen LogP contribution in [0.25, 0.3) is 0 Å². The van der Waals surface area contributed by atoms with E-state index >= 15 is 0 Å². The van der Waals surface area contributed by atoms with E-state index < -0.39 is 6.04 Å². The molecule has 1 unspecified atom stereocenters. The SMILES string of the molecule is COc1ccc(CN(C(=O)CCc2ccccc2)C(C(=O)NCc2cccnc2)c2ccccc2)cc1. The number of pyridine rings is 1. The van der Waals surface area contributed by atoms with Crippen molar-refractivity contribution in [2.75, 3.05) is 7.11 Å². The molecular formula is C31H31N3O3. The summed E-state index contributed by atoms with van der Waals surface area (Å²) < 4.78 is 5.29. The molecule has 1 atom stereocenters. The van der Waals surface area contributed by atoms with Crippen molar-refractivity contribution in [3.05, 3.63) is 132 Å². The number of benzene rings is 3. The molecule has 0 saturated heterocycles. The fraction of sp³-hybridized carbons (Fsp3) is 0.194. The Hall–Kier alpha value is -4.45. The Morgan fingerprint density at radius 3 is 2.16 bits per heavy atom. The first-order chi connectivity index (χ1) is 18.1. The molecule has 0 aliphatic rings. The van der Waals surface area contributed by atoms with Gasteiger partial charge in [0.15, 0.2) is 0 Å². The van der Waals surface area contributed by atoms with E-state index in [1.165, 1.54) is 0 Å². The van der Waals surface area contributed by atoms with E-state index in [1.807, 2.05) is 97.1 Å². The Morgan fingerprint density at radius 2 is 1.51 bits per heavy atom. The van der Waals surface area contributed by atoms with Crippen molar-refractivity contribution in [3.63, 3.8) is 0 Å². The number of hydrogen-bond acceptors (Lipinski definition) is 4. The molecule has 0 aliphatic heterocycles. The van der Waals surface area contributed by atoms with Crippen LogP contribution in [0.15, 0.2) is 109 Å². The van der Waals surface area contributed by atoms with Crippen LogP contribution in [0.5, 0.6) is 5.75 Å². The third-order valence-electron chi connectivity index (χ3n) is 6.17. The monoisotopic (exact) mass is 493 g/mol. The van der Waals surface area contributed by atoms with Crippen molar-refractivity contribution in [2.24, 2.45) is 0 Å². The Kier molecular flexibility index (Phi) is 9.02. The van der Waals surface area contributed by atoms with E-state index in [1.54, 1.807) is 24.4 Å². The van der Waals surface area contributed by atoms with Gasteiger partial charge in [0, 0.05) is 31.9 Å². The van der Waals surface area contributed by atoms with Crippen LogP contribution in [0.3, 0.4) is 0 Å². The van der Waals surface area contributed by atoms with Gasteiger partial charge in [-0.1, -0.05) is 78.9 Å². The number of nitrogens with one attached hydrogen (secondary N) is 1. The van der Waals surface area contributed by atoms with Crippen molar-refractivity contribution < 1.29 is 14.3 Å². The second-order valence-corrected chi connectivity index (χ2v) is 8.75. The Balaban J connectivity index is 1.63. The molecule has 0 radical (unpaired) electrons. The molecule has 0 bridgehead atoms. The molecule has 0 aliphatic carbocycles. The predicted octanol–water partition coefficient (Wildman–Crippen LogP) is 5.11. The third kappa shape index (κ3) is 7.27. The number of amides is 2. The van der Waals surface area contributed by atoms with Gasteiger partial charge in [-0.2, -0.15) is 0 Å². The topological polar surface area (TPSA) is 71.5 Å². The van der Waals surface area contributed by atoms with Crippen LogP contribution in [0, 0.1) is 0 Å². The summed E-state index contributed by atoms with van der Waals surface area (Å²) >= 11 is 0. The molecule has 1 N–H and O–H groups in total. The van der Waals surface area contributed by atoms with Gasteiger partial charge in [-0.25, -0.2) is 0 Å². The first-order valence-electron chi connectivity index (χ1n) is 12.3. The molecule has 3 aromatic carbocycles. The van der Waals surface area contributed by atoms with Crippen LogP contribution in [-0.4, -0.2) is 28.8 Å². The van der Waals surface area contributed by atoms with E-state index in [-0.39, 0.29) is 18.4 Å². The van der Waals surface area contributed by atoms with E-state index in [0.29, 0.717) is 19.4 Å². The Labute approximate surface area is 217 Å². The zero-order valence-electron chi connectivity index (χ0n) is 20.9. The molecule has 0 saturated carbocycles. The molecule has 0 fully saturated rings. The number of methoxy groups -OCH3 is 1. The molecule has 1 heterocycles. The summed E-state index contributed by atoms with van der Waals surface area (Å²) in [4.78, 5) is 33.2. The lowest BCUT2D eigenvalue weighted by Crippen LogP contribution is -2.43. The summed E-state index contributed by atoms with van der Waals surface area (Å²) in [5.41, 5.74) is 3.64. The van der Waals surface area contributed by atoms with Gasteiger partial charge in [0.2, 0.25) is 11.8 Å². The summed E-state index contributed by atoms with van der Waals surface area (Å²) in [5, 5.41) is 3.02. The van der Waals surface area contributed by atoms with Gasteiger partial charge in [-0.15, -0.1) is 0 Å². The fourth-order valence-electron chi connectivity index (χ4n) is 4.19. The number of carbonyl (C=O) groups is 2. The van der Waals surface area contributed by atoms with E-state index in [9.17, 15) is 9.59 Å². The number of aromatic nitrogens is 1. The van der Waals surface area contributed by atoms with Crippen molar-refractivity contribution in [2.45, 2.75) is 32.0 Å². The molecule has 37 heavy (non-hydrogen) atoms. The predicted molar refractivity (Wildman–Crippen MR) is 144 cm³/mol. The number of carbonyl (C=O) groups excluding carboxylic acids is 2. The molecule has 0 spiro atoms. The molecule has 188 valence electrons. The number of ether oxygens (including phenoxy) is 1. The summed E-state index contributed by atoms with van der Waals surface area (Å²) in [7, 11) is 1.62.